The van der Waals surface area contributed by atoms with Crippen LogP contribution in [0.4, 0.5) is 0 Å². The van der Waals surface area contributed by atoms with Gasteiger partial charge in [0.25, 0.3) is 0 Å². The van der Waals surface area contributed by atoms with E-state index in [2.05, 4.69) is 40.0 Å². The Balaban J connectivity index is 2.16. The van der Waals surface area contributed by atoms with Crippen LogP contribution in [0, 0.1) is 0 Å². The quantitative estimate of drug-likeness (QED) is 0.529. The molecule has 0 bridgehead atoms. The first-order valence-corrected chi connectivity index (χ1v) is 9.84. The highest BCUT2D eigenvalue weighted by molar-refractivity contribution is 7.13. The zero-order valence-electron chi connectivity index (χ0n) is 16.3. The van der Waals surface area contributed by atoms with Crippen molar-refractivity contribution in [3.05, 3.63) is 35.3 Å². The lowest BCUT2D eigenvalue weighted by Crippen LogP contribution is -2.27. The molecule has 0 unspecified atom stereocenters. The summed E-state index contributed by atoms with van der Waals surface area (Å²) >= 11 is 1.62. The van der Waals surface area contributed by atoms with Gasteiger partial charge in [-0.2, -0.15) is 0 Å². The minimum absolute atomic E-state index is 0.253. The first kappa shape index (κ1) is 18.6. The zero-order chi connectivity index (χ0) is 18.9. The van der Waals surface area contributed by atoms with Crippen molar-refractivity contribution in [1.82, 2.24) is 9.97 Å². The molecule has 26 heavy (non-hydrogen) atoms. The van der Waals surface area contributed by atoms with Gasteiger partial charge in [0.05, 0.1) is 18.3 Å². The molecule has 5 heteroatoms. The van der Waals surface area contributed by atoms with Crippen LogP contribution in [0.25, 0.3) is 21.6 Å². The second-order valence-corrected chi connectivity index (χ2v) is 8.19. The van der Waals surface area contributed by atoms with Crippen molar-refractivity contribution < 1.29 is 9.47 Å². The van der Waals surface area contributed by atoms with Crippen LogP contribution in [-0.4, -0.2) is 22.7 Å². The standard InChI is InChI=1S/C21H26N2O2S/c1-7-21(4,5)25-19-11-17(20-23-18(12-26-20)13(2)3)22-16-10-14(24-6)8-9-15(16)19/h8-13H,7H2,1-6H3. The van der Waals surface area contributed by atoms with Crippen molar-refractivity contribution in [2.75, 3.05) is 7.11 Å². The van der Waals surface area contributed by atoms with Crippen LogP contribution in [-0.2, 0) is 0 Å². The van der Waals surface area contributed by atoms with Crippen molar-refractivity contribution in [1.29, 1.82) is 0 Å². The van der Waals surface area contributed by atoms with E-state index in [1.807, 2.05) is 24.3 Å². The Bertz CT molecular complexity index is 916. The minimum Gasteiger partial charge on any atom is -0.497 e. The lowest BCUT2D eigenvalue weighted by Gasteiger charge is -2.26. The third kappa shape index (κ3) is 3.83. The number of methoxy groups -OCH3 is 1. The fraction of sp³-hybridized carbons (Fsp3) is 0.429. The van der Waals surface area contributed by atoms with Gasteiger partial charge in [0.1, 0.15) is 27.8 Å². The normalized spacial score (nSPS) is 12.0. The molecule has 0 atom stereocenters. The van der Waals surface area contributed by atoms with Crippen LogP contribution in [0.15, 0.2) is 29.6 Å². The molecule has 0 aliphatic carbocycles. The predicted octanol–water partition coefficient (Wildman–Crippen LogP) is 6.06. The Morgan fingerprint density at radius 3 is 2.54 bits per heavy atom. The minimum atomic E-state index is -0.253. The molecule has 4 nitrogen and oxygen atoms in total. The molecule has 0 aliphatic rings. The highest BCUT2D eigenvalue weighted by Crippen LogP contribution is 2.36. The second-order valence-electron chi connectivity index (χ2n) is 7.34. The number of hydrogen-bond acceptors (Lipinski definition) is 5. The Labute approximate surface area is 159 Å². The Morgan fingerprint density at radius 1 is 1.15 bits per heavy atom. The van der Waals surface area contributed by atoms with E-state index >= 15 is 0 Å². The van der Waals surface area contributed by atoms with E-state index in [0.29, 0.717) is 5.92 Å². The number of aromatic nitrogens is 2. The van der Waals surface area contributed by atoms with Crippen molar-refractivity contribution in [2.45, 2.75) is 52.6 Å². The highest BCUT2D eigenvalue weighted by Gasteiger charge is 2.20. The van der Waals surface area contributed by atoms with Crippen LogP contribution in [0.1, 0.15) is 52.7 Å². The topological polar surface area (TPSA) is 44.2 Å². The number of benzene rings is 1. The Kier molecular flexibility index (Phi) is 5.19. The van der Waals surface area contributed by atoms with Gasteiger partial charge in [0, 0.05) is 22.9 Å². The summed E-state index contributed by atoms with van der Waals surface area (Å²) in [5.74, 6) is 2.01. The summed E-state index contributed by atoms with van der Waals surface area (Å²) in [7, 11) is 1.67. The van der Waals surface area contributed by atoms with Gasteiger partial charge in [-0.05, 0) is 38.3 Å². The van der Waals surface area contributed by atoms with Gasteiger partial charge in [-0.25, -0.2) is 9.97 Å². The predicted molar refractivity (Wildman–Crippen MR) is 108 cm³/mol. The van der Waals surface area contributed by atoms with E-state index in [-0.39, 0.29) is 5.60 Å². The molecule has 138 valence electrons. The summed E-state index contributed by atoms with van der Waals surface area (Å²) in [6.07, 6.45) is 0.914. The number of ether oxygens (including phenoxy) is 2. The average Bonchev–Trinajstić information content (AvgIpc) is 3.11. The largest absolute Gasteiger partial charge is 0.497 e. The van der Waals surface area contributed by atoms with Gasteiger partial charge in [-0.3, -0.25) is 0 Å². The van der Waals surface area contributed by atoms with Gasteiger partial charge in [-0.1, -0.05) is 20.8 Å². The third-order valence-corrected chi connectivity index (χ3v) is 5.43. The van der Waals surface area contributed by atoms with Crippen LogP contribution in [0.5, 0.6) is 11.5 Å². The number of hydrogen-bond donors (Lipinski definition) is 0. The Hall–Kier alpha value is -2.14. The van der Waals surface area contributed by atoms with Crippen molar-refractivity contribution in [3.8, 4) is 22.2 Å². The number of thiazole rings is 1. The van der Waals surface area contributed by atoms with E-state index in [1.165, 1.54) is 0 Å². The van der Waals surface area contributed by atoms with Gasteiger partial charge >= 0.3 is 0 Å². The van der Waals surface area contributed by atoms with E-state index in [0.717, 1.165) is 45.2 Å². The number of nitrogens with zero attached hydrogens (tertiary/aromatic N) is 2. The average molecular weight is 371 g/mol. The fourth-order valence-corrected chi connectivity index (χ4v) is 3.48. The Morgan fingerprint density at radius 2 is 1.92 bits per heavy atom. The lowest BCUT2D eigenvalue weighted by molar-refractivity contribution is 0.107. The molecule has 0 fully saturated rings. The zero-order valence-corrected chi connectivity index (χ0v) is 17.1. The van der Waals surface area contributed by atoms with E-state index in [4.69, 9.17) is 19.4 Å². The highest BCUT2D eigenvalue weighted by atomic mass is 32.1. The van der Waals surface area contributed by atoms with Crippen LogP contribution in [0.2, 0.25) is 0 Å². The maximum Gasteiger partial charge on any atom is 0.142 e. The maximum absolute atomic E-state index is 6.35. The molecule has 0 amide bonds. The summed E-state index contributed by atoms with van der Waals surface area (Å²) in [5.41, 5.74) is 2.53. The van der Waals surface area contributed by atoms with Gasteiger partial charge in [-0.15, -0.1) is 11.3 Å². The first-order chi connectivity index (χ1) is 12.3. The molecule has 0 saturated heterocycles. The molecule has 0 spiro atoms. The lowest BCUT2D eigenvalue weighted by atomic mass is 10.1. The number of fused-ring (bicyclic) bond motifs is 1. The summed E-state index contributed by atoms with van der Waals surface area (Å²) in [6.45, 7) is 10.6. The monoisotopic (exact) mass is 370 g/mol. The van der Waals surface area contributed by atoms with E-state index < -0.39 is 0 Å². The first-order valence-electron chi connectivity index (χ1n) is 8.96. The van der Waals surface area contributed by atoms with E-state index in [1.54, 1.807) is 18.4 Å². The second kappa shape index (κ2) is 7.23. The molecular weight excluding hydrogens is 344 g/mol. The fourth-order valence-electron chi connectivity index (χ4n) is 2.54. The summed E-state index contributed by atoms with van der Waals surface area (Å²) < 4.78 is 11.7. The van der Waals surface area contributed by atoms with Crippen molar-refractivity contribution in [3.63, 3.8) is 0 Å². The van der Waals surface area contributed by atoms with Crippen molar-refractivity contribution in [2.24, 2.45) is 0 Å². The number of rotatable bonds is 6. The van der Waals surface area contributed by atoms with Gasteiger partial charge in [0.2, 0.25) is 0 Å². The molecule has 3 aromatic rings. The third-order valence-electron chi connectivity index (χ3n) is 4.55. The number of pyridine rings is 1. The molecule has 2 aromatic heterocycles. The van der Waals surface area contributed by atoms with Crippen molar-refractivity contribution >= 4 is 22.2 Å². The SMILES string of the molecule is CCC(C)(C)Oc1cc(-c2nc(C(C)C)cs2)nc2cc(OC)ccc12. The molecule has 0 N–H and O–H groups in total. The van der Waals surface area contributed by atoms with E-state index in [9.17, 15) is 0 Å². The summed E-state index contributed by atoms with van der Waals surface area (Å²) in [6, 6.07) is 7.90. The molecular formula is C21H26N2O2S. The molecule has 0 radical (unpaired) electrons. The summed E-state index contributed by atoms with van der Waals surface area (Å²) in [5, 5.41) is 4.00. The molecule has 2 heterocycles. The van der Waals surface area contributed by atoms with Crippen LogP contribution < -0.4 is 9.47 Å². The maximum atomic E-state index is 6.35. The molecule has 1 aromatic carbocycles. The van der Waals surface area contributed by atoms with Gasteiger partial charge < -0.3 is 9.47 Å². The molecule has 0 aliphatic heterocycles. The van der Waals surface area contributed by atoms with Crippen LogP contribution in [0.3, 0.4) is 0 Å². The van der Waals surface area contributed by atoms with Gasteiger partial charge in [0.15, 0.2) is 0 Å². The molecule has 3 rings (SSSR count). The van der Waals surface area contributed by atoms with Crippen LogP contribution >= 0.6 is 11.3 Å². The molecule has 0 saturated carbocycles. The smallest absolute Gasteiger partial charge is 0.142 e. The summed E-state index contributed by atoms with van der Waals surface area (Å²) in [4.78, 5) is 9.59.